The Bertz CT molecular complexity index is 755. The third-order valence-electron chi connectivity index (χ3n) is 3.48. The summed E-state index contributed by atoms with van der Waals surface area (Å²) in [4.78, 5) is 46.2. The van der Waals surface area contributed by atoms with Crippen LogP contribution in [0.25, 0.3) is 0 Å². The van der Waals surface area contributed by atoms with E-state index in [0.29, 0.717) is 5.69 Å². The molecule has 130 valence electrons. The predicted octanol–water partition coefficient (Wildman–Crippen LogP) is 0.417. The molecule has 2 atom stereocenters. The highest BCUT2D eigenvalue weighted by molar-refractivity contribution is 6.04. The quantitative estimate of drug-likeness (QED) is 0.505. The first-order valence-electron chi connectivity index (χ1n) is 7.51. The van der Waals surface area contributed by atoms with Gasteiger partial charge in [-0.05, 0) is 25.5 Å². The molecule has 1 fully saturated rings. The molecule has 2 rings (SSSR count). The molecule has 9 heteroatoms. The van der Waals surface area contributed by atoms with Crippen molar-refractivity contribution in [2.75, 3.05) is 5.32 Å². The Morgan fingerprint density at radius 3 is 2.72 bits per heavy atom. The van der Waals surface area contributed by atoms with Crippen molar-refractivity contribution in [2.24, 2.45) is 0 Å². The van der Waals surface area contributed by atoms with Crippen LogP contribution in [0.1, 0.15) is 25.3 Å². The van der Waals surface area contributed by atoms with E-state index in [9.17, 15) is 19.2 Å². The standard InChI is InChI=1S/C16H16N4O5/c1-9(14(22)18-11-5-3-2-4-10(11)8-17)25-13(21)7-6-12-15(23)20-16(24)19-12/h2-5,9,12H,6-7H2,1H3,(H,18,22)(H2,19,20,23,24)/t9-,12+/m1/s1. The van der Waals surface area contributed by atoms with Gasteiger partial charge in [0.15, 0.2) is 6.10 Å². The number of nitrogens with one attached hydrogen (secondary N) is 3. The maximum atomic E-state index is 12.1. The number of esters is 1. The van der Waals surface area contributed by atoms with Crippen LogP contribution in [-0.2, 0) is 19.1 Å². The molecule has 4 amide bonds. The molecule has 1 aromatic carbocycles. The average molecular weight is 344 g/mol. The second-order valence-electron chi connectivity index (χ2n) is 5.33. The van der Waals surface area contributed by atoms with Gasteiger partial charge >= 0.3 is 12.0 Å². The monoisotopic (exact) mass is 344 g/mol. The van der Waals surface area contributed by atoms with E-state index in [0.717, 1.165) is 0 Å². The topological polar surface area (TPSA) is 137 Å². The number of hydrogen-bond acceptors (Lipinski definition) is 6. The molecule has 1 saturated heterocycles. The zero-order valence-electron chi connectivity index (χ0n) is 13.4. The number of rotatable bonds is 6. The zero-order valence-corrected chi connectivity index (χ0v) is 13.4. The number of anilines is 1. The average Bonchev–Trinajstić information content (AvgIpc) is 2.90. The van der Waals surface area contributed by atoms with Crippen molar-refractivity contribution in [3.05, 3.63) is 29.8 Å². The van der Waals surface area contributed by atoms with Gasteiger partial charge in [-0.2, -0.15) is 5.26 Å². The second-order valence-corrected chi connectivity index (χ2v) is 5.33. The van der Waals surface area contributed by atoms with Crippen LogP contribution in [0.5, 0.6) is 0 Å². The summed E-state index contributed by atoms with van der Waals surface area (Å²) in [5, 5.41) is 15.9. The molecule has 1 heterocycles. The van der Waals surface area contributed by atoms with Gasteiger partial charge < -0.3 is 15.4 Å². The summed E-state index contributed by atoms with van der Waals surface area (Å²) in [7, 11) is 0. The van der Waals surface area contributed by atoms with Gasteiger partial charge in [0, 0.05) is 6.42 Å². The molecule has 0 unspecified atom stereocenters. The van der Waals surface area contributed by atoms with Crippen molar-refractivity contribution in [1.82, 2.24) is 10.6 Å². The lowest BCUT2D eigenvalue weighted by molar-refractivity contribution is -0.153. The Morgan fingerprint density at radius 2 is 2.08 bits per heavy atom. The number of amides is 4. The van der Waals surface area contributed by atoms with Crippen LogP contribution in [0, 0.1) is 11.3 Å². The van der Waals surface area contributed by atoms with Crippen LogP contribution in [0.15, 0.2) is 24.3 Å². The second kappa shape index (κ2) is 7.92. The smallest absolute Gasteiger partial charge is 0.322 e. The van der Waals surface area contributed by atoms with Crippen molar-refractivity contribution >= 4 is 29.5 Å². The van der Waals surface area contributed by atoms with E-state index in [-0.39, 0.29) is 18.4 Å². The van der Waals surface area contributed by atoms with Gasteiger partial charge in [0.25, 0.3) is 11.8 Å². The summed E-state index contributed by atoms with van der Waals surface area (Å²) in [6.45, 7) is 1.40. The number of nitriles is 1. The van der Waals surface area contributed by atoms with E-state index in [1.807, 2.05) is 6.07 Å². The summed E-state index contributed by atoms with van der Waals surface area (Å²) in [5.74, 6) is -1.76. The summed E-state index contributed by atoms with van der Waals surface area (Å²) >= 11 is 0. The van der Waals surface area contributed by atoms with E-state index in [2.05, 4.69) is 16.0 Å². The molecule has 0 bridgehead atoms. The summed E-state index contributed by atoms with van der Waals surface area (Å²) in [6.07, 6.45) is -1.14. The van der Waals surface area contributed by atoms with Gasteiger partial charge in [-0.1, -0.05) is 12.1 Å². The lowest BCUT2D eigenvalue weighted by Crippen LogP contribution is -2.32. The fourth-order valence-corrected chi connectivity index (χ4v) is 2.16. The van der Waals surface area contributed by atoms with Gasteiger partial charge in [-0.3, -0.25) is 19.7 Å². The summed E-state index contributed by atoms with van der Waals surface area (Å²) in [5.41, 5.74) is 0.612. The number of benzene rings is 1. The molecule has 3 N–H and O–H groups in total. The fraction of sp³-hybridized carbons (Fsp3) is 0.312. The first-order valence-corrected chi connectivity index (χ1v) is 7.51. The Hall–Kier alpha value is -3.41. The van der Waals surface area contributed by atoms with Crippen molar-refractivity contribution in [2.45, 2.75) is 31.9 Å². The van der Waals surface area contributed by atoms with Gasteiger partial charge in [0.1, 0.15) is 12.1 Å². The van der Waals surface area contributed by atoms with Crippen molar-refractivity contribution in [1.29, 1.82) is 5.26 Å². The van der Waals surface area contributed by atoms with E-state index in [4.69, 9.17) is 10.00 Å². The normalized spacial score (nSPS) is 17.0. The number of carbonyl (C=O) groups is 4. The molecular weight excluding hydrogens is 328 g/mol. The van der Waals surface area contributed by atoms with Crippen LogP contribution >= 0.6 is 0 Å². The zero-order chi connectivity index (χ0) is 18.4. The van der Waals surface area contributed by atoms with Gasteiger partial charge in [0.05, 0.1) is 11.3 Å². The van der Waals surface area contributed by atoms with Crippen molar-refractivity contribution in [3.8, 4) is 6.07 Å². The Labute approximate surface area is 143 Å². The lowest BCUT2D eigenvalue weighted by atomic mass is 10.1. The molecule has 0 saturated carbocycles. The van der Waals surface area contributed by atoms with Crippen LogP contribution in [0.4, 0.5) is 10.5 Å². The molecule has 1 aliphatic rings. The summed E-state index contributed by atoms with van der Waals surface area (Å²) in [6, 6.07) is 6.99. The largest absolute Gasteiger partial charge is 0.453 e. The predicted molar refractivity (Wildman–Crippen MR) is 85.0 cm³/mol. The number of nitrogens with zero attached hydrogens (tertiary/aromatic N) is 1. The van der Waals surface area contributed by atoms with Crippen molar-refractivity contribution < 1.29 is 23.9 Å². The van der Waals surface area contributed by atoms with E-state index in [1.54, 1.807) is 24.3 Å². The van der Waals surface area contributed by atoms with Crippen LogP contribution in [0.3, 0.4) is 0 Å². The number of para-hydroxylation sites is 1. The Kier molecular flexibility index (Phi) is 5.68. The highest BCUT2D eigenvalue weighted by atomic mass is 16.5. The van der Waals surface area contributed by atoms with Crippen LogP contribution in [0.2, 0.25) is 0 Å². The molecule has 0 radical (unpaired) electrons. The molecule has 25 heavy (non-hydrogen) atoms. The maximum absolute atomic E-state index is 12.1. The molecule has 9 nitrogen and oxygen atoms in total. The highest BCUT2D eigenvalue weighted by Gasteiger charge is 2.30. The molecule has 0 aromatic heterocycles. The number of ether oxygens (including phenoxy) is 1. The van der Waals surface area contributed by atoms with E-state index >= 15 is 0 Å². The number of carbonyl (C=O) groups excluding carboxylic acids is 4. The minimum absolute atomic E-state index is 0.0714. The van der Waals surface area contributed by atoms with Crippen molar-refractivity contribution in [3.63, 3.8) is 0 Å². The minimum Gasteiger partial charge on any atom is -0.453 e. The third-order valence-corrected chi connectivity index (χ3v) is 3.48. The van der Waals surface area contributed by atoms with Gasteiger partial charge in [0.2, 0.25) is 0 Å². The van der Waals surface area contributed by atoms with E-state index in [1.165, 1.54) is 6.92 Å². The molecule has 0 aliphatic carbocycles. The number of urea groups is 1. The van der Waals surface area contributed by atoms with Crippen LogP contribution in [-0.4, -0.2) is 36.0 Å². The highest BCUT2D eigenvalue weighted by Crippen LogP contribution is 2.14. The Morgan fingerprint density at radius 1 is 1.36 bits per heavy atom. The first kappa shape index (κ1) is 17.9. The number of imide groups is 1. The molecular formula is C16H16N4O5. The molecule has 1 aliphatic heterocycles. The van der Waals surface area contributed by atoms with Crippen LogP contribution < -0.4 is 16.0 Å². The lowest BCUT2D eigenvalue weighted by Gasteiger charge is -2.14. The summed E-state index contributed by atoms with van der Waals surface area (Å²) < 4.78 is 5.00. The molecule has 1 aromatic rings. The number of hydrogen-bond donors (Lipinski definition) is 3. The maximum Gasteiger partial charge on any atom is 0.322 e. The Balaban J connectivity index is 1.82. The third kappa shape index (κ3) is 4.78. The van der Waals surface area contributed by atoms with Gasteiger partial charge in [-0.25, -0.2) is 4.79 Å². The minimum atomic E-state index is -1.08. The van der Waals surface area contributed by atoms with Gasteiger partial charge in [-0.15, -0.1) is 0 Å². The first-order chi connectivity index (χ1) is 11.9. The fourth-order valence-electron chi connectivity index (χ4n) is 2.16. The SMILES string of the molecule is C[C@@H](OC(=O)CC[C@@H]1NC(=O)NC1=O)C(=O)Nc1ccccc1C#N. The molecule has 0 spiro atoms. The van der Waals surface area contributed by atoms with E-state index < -0.39 is 36.0 Å².